The lowest BCUT2D eigenvalue weighted by Gasteiger charge is -2.21. The lowest BCUT2D eigenvalue weighted by molar-refractivity contribution is 0.684. The second-order valence-electron chi connectivity index (χ2n) is 4.31. The van der Waals surface area contributed by atoms with Crippen molar-refractivity contribution in [2.75, 3.05) is 13.6 Å². The molecule has 0 aromatic carbocycles. The molecule has 0 radical (unpaired) electrons. The van der Waals surface area contributed by atoms with Gasteiger partial charge in [0.1, 0.15) is 5.15 Å². The van der Waals surface area contributed by atoms with E-state index in [9.17, 15) is 0 Å². The average molecular weight is 316 g/mol. The van der Waals surface area contributed by atoms with Crippen LogP contribution in [-0.2, 0) is 0 Å². The van der Waals surface area contributed by atoms with Gasteiger partial charge in [-0.05, 0) is 60.3 Å². The van der Waals surface area contributed by atoms with Gasteiger partial charge in [-0.25, -0.2) is 4.98 Å². The van der Waals surface area contributed by atoms with Crippen molar-refractivity contribution < 1.29 is 0 Å². The smallest absolute Gasteiger partial charge is 0.130 e. The number of likely N-dealkylation sites (N-methyl/N-ethyl adjacent to an activating group) is 1. The standard InChI is InChI=1S/C13H16BrClN2/c1-16-7-9-4-2-3-5-10(9)11-8-17-13(15)6-12(11)14/h6,8,16H,2-5,7H2,1H3. The summed E-state index contributed by atoms with van der Waals surface area (Å²) in [5, 5.41) is 3.78. The van der Waals surface area contributed by atoms with Gasteiger partial charge in [0.25, 0.3) is 0 Å². The van der Waals surface area contributed by atoms with E-state index >= 15 is 0 Å². The zero-order chi connectivity index (χ0) is 12.3. The fourth-order valence-corrected chi connectivity index (χ4v) is 3.18. The van der Waals surface area contributed by atoms with E-state index < -0.39 is 0 Å². The summed E-state index contributed by atoms with van der Waals surface area (Å²) in [6, 6.07) is 1.87. The first kappa shape index (κ1) is 13.1. The Kier molecular flexibility index (Phi) is 4.60. The first-order valence-corrected chi connectivity index (χ1v) is 7.06. The van der Waals surface area contributed by atoms with E-state index in [1.165, 1.54) is 36.0 Å². The van der Waals surface area contributed by atoms with E-state index in [-0.39, 0.29) is 0 Å². The molecule has 0 saturated heterocycles. The van der Waals surface area contributed by atoms with Crippen molar-refractivity contribution in [3.05, 3.63) is 33.0 Å². The fraction of sp³-hybridized carbons (Fsp3) is 0.462. The van der Waals surface area contributed by atoms with E-state index in [0.717, 1.165) is 17.4 Å². The molecule has 1 aromatic rings. The summed E-state index contributed by atoms with van der Waals surface area (Å²) in [5.41, 5.74) is 4.13. The number of allylic oxidation sites excluding steroid dienone is 1. The molecule has 4 heteroatoms. The maximum absolute atomic E-state index is 5.88. The Morgan fingerprint density at radius 1 is 1.41 bits per heavy atom. The Bertz CT molecular complexity index is 443. The molecule has 1 heterocycles. The van der Waals surface area contributed by atoms with Crippen LogP contribution in [0.25, 0.3) is 5.57 Å². The van der Waals surface area contributed by atoms with Crippen molar-refractivity contribution in [3.8, 4) is 0 Å². The van der Waals surface area contributed by atoms with Gasteiger partial charge >= 0.3 is 0 Å². The molecule has 2 rings (SSSR count). The molecule has 17 heavy (non-hydrogen) atoms. The maximum atomic E-state index is 5.88. The van der Waals surface area contributed by atoms with Crippen LogP contribution >= 0.6 is 27.5 Å². The van der Waals surface area contributed by atoms with Crippen LogP contribution < -0.4 is 5.32 Å². The molecule has 2 nitrogen and oxygen atoms in total. The monoisotopic (exact) mass is 314 g/mol. The highest BCUT2D eigenvalue weighted by Gasteiger charge is 2.16. The third-order valence-corrected chi connectivity index (χ3v) is 3.98. The number of pyridine rings is 1. The second-order valence-corrected chi connectivity index (χ2v) is 5.55. The molecule has 0 atom stereocenters. The quantitative estimate of drug-likeness (QED) is 0.851. The number of nitrogens with zero attached hydrogens (tertiary/aromatic N) is 1. The molecule has 0 spiro atoms. The minimum atomic E-state index is 0.534. The largest absolute Gasteiger partial charge is 0.316 e. The maximum Gasteiger partial charge on any atom is 0.130 e. The van der Waals surface area contributed by atoms with Crippen molar-refractivity contribution in [3.63, 3.8) is 0 Å². The minimum Gasteiger partial charge on any atom is -0.316 e. The van der Waals surface area contributed by atoms with Crippen LogP contribution in [0.15, 0.2) is 22.3 Å². The molecule has 0 saturated carbocycles. The van der Waals surface area contributed by atoms with Gasteiger partial charge in [-0.2, -0.15) is 0 Å². The van der Waals surface area contributed by atoms with Gasteiger partial charge in [-0.1, -0.05) is 17.2 Å². The molecule has 0 bridgehead atoms. The minimum absolute atomic E-state index is 0.534. The van der Waals surface area contributed by atoms with Crippen molar-refractivity contribution in [2.45, 2.75) is 25.7 Å². The Morgan fingerprint density at radius 3 is 2.88 bits per heavy atom. The van der Waals surface area contributed by atoms with E-state index in [2.05, 4.69) is 26.2 Å². The van der Waals surface area contributed by atoms with Gasteiger partial charge in [0.2, 0.25) is 0 Å². The van der Waals surface area contributed by atoms with Crippen LogP contribution in [0.5, 0.6) is 0 Å². The van der Waals surface area contributed by atoms with E-state index in [4.69, 9.17) is 11.6 Å². The first-order chi connectivity index (χ1) is 8.22. The van der Waals surface area contributed by atoms with Crippen molar-refractivity contribution >= 4 is 33.1 Å². The number of halogens is 2. The summed E-state index contributed by atoms with van der Waals surface area (Å²) in [4.78, 5) is 4.19. The third-order valence-electron chi connectivity index (χ3n) is 3.12. The Hall–Kier alpha value is -0.380. The van der Waals surface area contributed by atoms with Crippen molar-refractivity contribution in [2.24, 2.45) is 0 Å². The molecular formula is C13H16BrClN2. The lowest BCUT2D eigenvalue weighted by Crippen LogP contribution is -2.14. The van der Waals surface area contributed by atoms with Crippen LogP contribution in [0.2, 0.25) is 5.15 Å². The van der Waals surface area contributed by atoms with Gasteiger partial charge < -0.3 is 5.32 Å². The molecule has 0 aliphatic heterocycles. The molecule has 1 aromatic heterocycles. The summed E-state index contributed by atoms with van der Waals surface area (Å²) in [7, 11) is 1.99. The highest BCUT2D eigenvalue weighted by Crippen LogP contribution is 2.35. The summed E-state index contributed by atoms with van der Waals surface area (Å²) in [6.07, 6.45) is 6.75. The first-order valence-electron chi connectivity index (χ1n) is 5.89. The van der Waals surface area contributed by atoms with Crippen LogP contribution in [0, 0.1) is 0 Å². The SMILES string of the molecule is CNCC1=C(c2cnc(Cl)cc2Br)CCCC1. The predicted octanol–water partition coefficient (Wildman–Crippen LogP) is 4.04. The number of hydrogen-bond donors (Lipinski definition) is 1. The van der Waals surface area contributed by atoms with Crippen LogP contribution in [0.4, 0.5) is 0 Å². The highest BCUT2D eigenvalue weighted by molar-refractivity contribution is 9.10. The molecule has 1 N–H and O–H groups in total. The van der Waals surface area contributed by atoms with Crippen LogP contribution in [-0.4, -0.2) is 18.6 Å². The zero-order valence-electron chi connectivity index (χ0n) is 9.89. The number of aromatic nitrogens is 1. The Balaban J connectivity index is 2.41. The lowest BCUT2D eigenvalue weighted by atomic mass is 9.88. The highest BCUT2D eigenvalue weighted by atomic mass is 79.9. The molecule has 0 unspecified atom stereocenters. The fourth-order valence-electron chi connectivity index (χ4n) is 2.33. The van der Waals surface area contributed by atoms with Crippen LogP contribution in [0.3, 0.4) is 0 Å². The molecule has 0 amide bonds. The molecule has 0 fully saturated rings. The van der Waals surface area contributed by atoms with Crippen LogP contribution in [0.1, 0.15) is 31.2 Å². The summed E-state index contributed by atoms with van der Waals surface area (Å²) < 4.78 is 1.04. The Labute approximate surface area is 116 Å². The van der Waals surface area contributed by atoms with E-state index in [1.54, 1.807) is 0 Å². The molecule has 1 aliphatic carbocycles. The number of nitrogens with one attached hydrogen (secondary N) is 1. The number of hydrogen-bond acceptors (Lipinski definition) is 2. The Morgan fingerprint density at radius 2 is 2.18 bits per heavy atom. The predicted molar refractivity (Wildman–Crippen MR) is 76.3 cm³/mol. The van der Waals surface area contributed by atoms with Gasteiger partial charge in [0.05, 0.1) is 0 Å². The third kappa shape index (κ3) is 3.09. The van der Waals surface area contributed by atoms with E-state index in [1.807, 2.05) is 19.3 Å². The second kappa shape index (κ2) is 5.98. The molecule has 1 aliphatic rings. The molecular weight excluding hydrogens is 300 g/mol. The van der Waals surface area contributed by atoms with Gasteiger partial charge in [-0.3, -0.25) is 0 Å². The number of rotatable bonds is 3. The summed E-state index contributed by atoms with van der Waals surface area (Å²) in [5.74, 6) is 0. The normalized spacial score (nSPS) is 16.4. The molecule has 92 valence electrons. The van der Waals surface area contributed by atoms with E-state index in [0.29, 0.717) is 5.15 Å². The topological polar surface area (TPSA) is 24.9 Å². The van der Waals surface area contributed by atoms with Crippen molar-refractivity contribution in [1.82, 2.24) is 10.3 Å². The zero-order valence-corrected chi connectivity index (χ0v) is 12.2. The van der Waals surface area contributed by atoms with Gasteiger partial charge in [-0.15, -0.1) is 0 Å². The summed E-state index contributed by atoms with van der Waals surface area (Å²) >= 11 is 9.47. The van der Waals surface area contributed by atoms with Gasteiger partial charge in [0, 0.05) is 22.8 Å². The van der Waals surface area contributed by atoms with Gasteiger partial charge in [0.15, 0.2) is 0 Å². The van der Waals surface area contributed by atoms with Crippen molar-refractivity contribution in [1.29, 1.82) is 0 Å². The summed E-state index contributed by atoms with van der Waals surface area (Å²) in [6.45, 7) is 0.963. The average Bonchev–Trinajstić information content (AvgIpc) is 2.31.